The molecule has 7 heteroatoms. The van der Waals surface area contributed by atoms with Crippen molar-refractivity contribution in [1.29, 1.82) is 0 Å². The molecule has 1 aromatic rings. The van der Waals surface area contributed by atoms with E-state index < -0.39 is 10.0 Å². The van der Waals surface area contributed by atoms with Crippen LogP contribution >= 0.6 is 0 Å². The van der Waals surface area contributed by atoms with Crippen LogP contribution in [0.4, 0.5) is 0 Å². The third kappa shape index (κ3) is 2.88. The van der Waals surface area contributed by atoms with Gasteiger partial charge in [-0.2, -0.15) is 4.31 Å². The van der Waals surface area contributed by atoms with Gasteiger partial charge < -0.3 is 10.1 Å². The molecule has 2 saturated heterocycles. The summed E-state index contributed by atoms with van der Waals surface area (Å²) in [7, 11) is -3.54. The topological polar surface area (TPSA) is 75.7 Å². The number of ether oxygens (including phenoxy) is 1. The largest absolute Gasteiger partial charge is 0.374 e. The monoisotopic (exact) mass is 324 g/mol. The van der Waals surface area contributed by atoms with Gasteiger partial charge >= 0.3 is 0 Å². The number of fused-ring (bicyclic) bond motifs is 1. The molecule has 0 aliphatic carbocycles. The first kappa shape index (κ1) is 15.5. The molecule has 2 fully saturated rings. The Bertz CT molecular complexity index is 657. The molecule has 0 radical (unpaired) electrons. The summed E-state index contributed by atoms with van der Waals surface area (Å²) in [5.74, 6) is -0.290. The minimum atomic E-state index is -3.54. The Morgan fingerprint density at radius 1 is 1.27 bits per heavy atom. The van der Waals surface area contributed by atoms with Gasteiger partial charge in [-0.15, -0.1) is 0 Å². The number of piperidine rings is 1. The third-order valence-corrected chi connectivity index (χ3v) is 6.13. The molecule has 0 saturated carbocycles. The second kappa shape index (κ2) is 5.98. The number of carbonyl (C=O) groups excluding carboxylic acids is 1. The predicted octanol–water partition coefficient (Wildman–Crippen LogP) is 0.521. The van der Waals surface area contributed by atoms with Gasteiger partial charge in [0, 0.05) is 19.6 Å². The Labute approximate surface area is 130 Å². The van der Waals surface area contributed by atoms with Gasteiger partial charge in [-0.1, -0.05) is 17.7 Å². The molecule has 2 heterocycles. The maximum Gasteiger partial charge on any atom is 0.243 e. The van der Waals surface area contributed by atoms with Crippen LogP contribution in [0, 0.1) is 12.8 Å². The first-order valence-electron chi connectivity index (χ1n) is 7.44. The lowest BCUT2D eigenvalue weighted by Gasteiger charge is -2.35. The molecule has 0 unspecified atom stereocenters. The fourth-order valence-electron chi connectivity index (χ4n) is 2.95. The molecule has 2 aliphatic heterocycles. The van der Waals surface area contributed by atoms with E-state index in [2.05, 4.69) is 5.32 Å². The van der Waals surface area contributed by atoms with Crippen molar-refractivity contribution in [3.05, 3.63) is 29.8 Å². The summed E-state index contributed by atoms with van der Waals surface area (Å²) in [5, 5.41) is 2.80. The lowest BCUT2D eigenvalue weighted by molar-refractivity contribution is -0.129. The van der Waals surface area contributed by atoms with Crippen LogP contribution < -0.4 is 5.32 Å². The number of aryl methyl sites for hydroxylation is 1. The van der Waals surface area contributed by atoms with Gasteiger partial charge in [0.2, 0.25) is 15.9 Å². The van der Waals surface area contributed by atoms with Crippen molar-refractivity contribution in [2.75, 3.05) is 26.2 Å². The van der Waals surface area contributed by atoms with Gasteiger partial charge in [0.25, 0.3) is 0 Å². The Morgan fingerprint density at radius 2 is 2.00 bits per heavy atom. The molecule has 0 bridgehead atoms. The number of hydrogen-bond acceptors (Lipinski definition) is 4. The number of benzene rings is 1. The van der Waals surface area contributed by atoms with Crippen LogP contribution in [0.2, 0.25) is 0 Å². The molecular weight excluding hydrogens is 304 g/mol. The summed E-state index contributed by atoms with van der Waals surface area (Å²) in [4.78, 5) is 12.2. The molecule has 0 spiro atoms. The molecule has 120 valence electrons. The SMILES string of the molecule is Cc1ccc(S(=O)(=O)N2CC[C@H]3C(=O)NCCO[C@H]3C2)cc1. The number of nitrogens with zero attached hydrogens (tertiary/aromatic N) is 1. The van der Waals surface area contributed by atoms with Crippen LogP contribution in [0.5, 0.6) is 0 Å². The van der Waals surface area contributed by atoms with Crippen molar-refractivity contribution in [1.82, 2.24) is 9.62 Å². The number of sulfonamides is 1. The Balaban J connectivity index is 1.81. The maximum absolute atomic E-state index is 12.7. The lowest BCUT2D eigenvalue weighted by Crippen LogP contribution is -2.50. The second-order valence-electron chi connectivity index (χ2n) is 5.77. The molecule has 22 heavy (non-hydrogen) atoms. The van der Waals surface area contributed by atoms with Crippen molar-refractivity contribution < 1.29 is 17.9 Å². The van der Waals surface area contributed by atoms with Crippen molar-refractivity contribution in [3.63, 3.8) is 0 Å². The smallest absolute Gasteiger partial charge is 0.243 e. The van der Waals surface area contributed by atoms with E-state index in [0.29, 0.717) is 26.1 Å². The van der Waals surface area contributed by atoms with Crippen LogP contribution in [0.3, 0.4) is 0 Å². The van der Waals surface area contributed by atoms with Crippen molar-refractivity contribution in [2.45, 2.75) is 24.3 Å². The zero-order chi connectivity index (χ0) is 15.7. The van der Waals surface area contributed by atoms with Gasteiger partial charge in [0.1, 0.15) is 0 Å². The highest BCUT2D eigenvalue weighted by Gasteiger charge is 2.40. The molecule has 1 amide bonds. The summed E-state index contributed by atoms with van der Waals surface area (Å²) < 4.78 is 32.5. The molecule has 1 N–H and O–H groups in total. The molecule has 0 aromatic heterocycles. The first-order valence-corrected chi connectivity index (χ1v) is 8.88. The standard InChI is InChI=1S/C15H20N2O4S/c1-11-2-4-12(5-3-11)22(19,20)17-8-6-13-14(10-17)21-9-7-16-15(13)18/h2-5,13-14H,6-10H2,1H3,(H,16,18)/t13-,14+/m1/s1. The van der Waals surface area contributed by atoms with E-state index in [1.165, 1.54) is 4.31 Å². The highest BCUT2D eigenvalue weighted by Crippen LogP contribution is 2.27. The van der Waals surface area contributed by atoms with E-state index in [9.17, 15) is 13.2 Å². The maximum atomic E-state index is 12.7. The van der Waals surface area contributed by atoms with E-state index >= 15 is 0 Å². The van der Waals surface area contributed by atoms with Gasteiger partial charge in [-0.3, -0.25) is 4.79 Å². The van der Waals surface area contributed by atoms with Crippen LogP contribution in [0.15, 0.2) is 29.2 Å². The van der Waals surface area contributed by atoms with E-state index in [1.54, 1.807) is 24.3 Å². The minimum absolute atomic E-state index is 0.0325. The summed E-state index contributed by atoms with van der Waals surface area (Å²) in [6, 6.07) is 6.82. The Morgan fingerprint density at radius 3 is 2.73 bits per heavy atom. The van der Waals surface area contributed by atoms with E-state index in [0.717, 1.165) is 5.56 Å². The van der Waals surface area contributed by atoms with Crippen LogP contribution in [0.1, 0.15) is 12.0 Å². The highest BCUT2D eigenvalue weighted by molar-refractivity contribution is 7.89. The number of carbonyl (C=O) groups is 1. The molecular formula is C15H20N2O4S. The Kier molecular flexibility index (Phi) is 4.20. The molecule has 2 atom stereocenters. The normalized spacial score (nSPS) is 26.9. The number of nitrogens with one attached hydrogen (secondary N) is 1. The van der Waals surface area contributed by atoms with Gasteiger partial charge in [-0.05, 0) is 25.5 Å². The molecule has 2 aliphatic rings. The van der Waals surface area contributed by atoms with Gasteiger partial charge in [-0.25, -0.2) is 8.42 Å². The summed E-state index contributed by atoms with van der Waals surface area (Å²) in [6.45, 7) is 3.39. The van der Waals surface area contributed by atoms with E-state index in [-0.39, 0.29) is 29.4 Å². The molecule has 1 aromatic carbocycles. The lowest BCUT2D eigenvalue weighted by atomic mass is 9.94. The second-order valence-corrected chi connectivity index (χ2v) is 7.71. The molecule has 6 nitrogen and oxygen atoms in total. The fraction of sp³-hybridized carbons (Fsp3) is 0.533. The van der Waals surface area contributed by atoms with Crippen molar-refractivity contribution >= 4 is 15.9 Å². The van der Waals surface area contributed by atoms with Crippen molar-refractivity contribution in [3.8, 4) is 0 Å². The minimum Gasteiger partial charge on any atom is -0.374 e. The summed E-state index contributed by atoms with van der Waals surface area (Å²) in [6.07, 6.45) is 0.123. The first-order chi connectivity index (χ1) is 10.5. The van der Waals surface area contributed by atoms with Gasteiger partial charge in [0.15, 0.2) is 0 Å². The van der Waals surface area contributed by atoms with E-state index in [4.69, 9.17) is 4.74 Å². The third-order valence-electron chi connectivity index (χ3n) is 4.25. The van der Waals surface area contributed by atoms with Crippen LogP contribution in [-0.4, -0.2) is 51.0 Å². The number of rotatable bonds is 2. The van der Waals surface area contributed by atoms with Crippen LogP contribution in [0.25, 0.3) is 0 Å². The number of hydrogen-bond donors (Lipinski definition) is 1. The summed E-state index contributed by atoms with van der Waals surface area (Å²) >= 11 is 0. The quantitative estimate of drug-likeness (QED) is 0.860. The Hall–Kier alpha value is -1.44. The van der Waals surface area contributed by atoms with Crippen LogP contribution in [-0.2, 0) is 19.6 Å². The zero-order valence-corrected chi connectivity index (χ0v) is 13.3. The van der Waals surface area contributed by atoms with Crippen molar-refractivity contribution in [2.24, 2.45) is 5.92 Å². The summed E-state index contributed by atoms with van der Waals surface area (Å²) in [5.41, 5.74) is 1.02. The van der Waals surface area contributed by atoms with Gasteiger partial charge in [0.05, 0.1) is 23.5 Å². The number of amides is 1. The molecule has 3 rings (SSSR count). The predicted molar refractivity (Wildman–Crippen MR) is 80.8 cm³/mol. The van der Waals surface area contributed by atoms with E-state index in [1.807, 2.05) is 6.92 Å². The fourth-order valence-corrected chi connectivity index (χ4v) is 4.42. The average Bonchev–Trinajstić information content (AvgIpc) is 2.69. The average molecular weight is 324 g/mol. The zero-order valence-electron chi connectivity index (χ0n) is 12.5. The highest BCUT2D eigenvalue weighted by atomic mass is 32.2.